The molecule has 0 N–H and O–H groups in total. The van der Waals surface area contributed by atoms with E-state index in [9.17, 15) is 4.79 Å². The molecule has 0 aliphatic heterocycles. The molecular weight excluding hydrogens is 352 g/mol. The van der Waals surface area contributed by atoms with Crippen LogP contribution in [0.2, 0.25) is 5.02 Å². The van der Waals surface area contributed by atoms with Crippen LogP contribution in [0.15, 0.2) is 41.8 Å². The Labute approximate surface area is 156 Å². The van der Waals surface area contributed by atoms with Crippen molar-refractivity contribution >= 4 is 39.1 Å². The average molecular weight is 373 g/mol. The van der Waals surface area contributed by atoms with Gasteiger partial charge in [0.2, 0.25) is 0 Å². The van der Waals surface area contributed by atoms with Crippen LogP contribution in [-0.2, 0) is 6.54 Å². The highest BCUT2D eigenvalue weighted by Gasteiger charge is 2.26. The Balaban J connectivity index is 1.63. The lowest BCUT2D eigenvalue weighted by Crippen LogP contribution is -2.29. The SMILES string of the molecule is CN(Cc1ccc(Cl)cc1)C(=O)c1cc2sccc2n1C1CCCC1. The Morgan fingerprint density at radius 1 is 1.24 bits per heavy atom. The van der Waals surface area contributed by atoms with Gasteiger partial charge in [-0.15, -0.1) is 11.3 Å². The van der Waals surface area contributed by atoms with E-state index in [0.29, 0.717) is 17.6 Å². The predicted octanol–water partition coefficient (Wildman–Crippen LogP) is 5.74. The Morgan fingerprint density at radius 3 is 2.68 bits per heavy atom. The molecule has 130 valence electrons. The summed E-state index contributed by atoms with van der Waals surface area (Å²) in [5.41, 5.74) is 3.12. The molecule has 1 aromatic carbocycles. The summed E-state index contributed by atoms with van der Waals surface area (Å²) >= 11 is 7.66. The van der Waals surface area contributed by atoms with Gasteiger partial charge in [0, 0.05) is 24.7 Å². The highest BCUT2D eigenvalue weighted by atomic mass is 35.5. The topological polar surface area (TPSA) is 25.2 Å². The zero-order valence-electron chi connectivity index (χ0n) is 14.2. The number of aromatic nitrogens is 1. The van der Waals surface area contributed by atoms with Gasteiger partial charge in [-0.25, -0.2) is 0 Å². The lowest BCUT2D eigenvalue weighted by molar-refractivity contribution is 0.0772. The number of carbonyl (C=O) groups is 1. The summed E-state index contributed by atoms with van der Waals surface area (Å²) in [5, 5.41) is 2.83. The summed E-state index contributed by atoms with van der Waals surface area (Å²) in [4.78, 5) is 14.9. The molecule has 0 atom stereocenters. The number of benzene rings is 1. The summed E-state index contributed by atoms with van der Waals surface area (Å²) in [6, 6.07) is 12.4. The van der Waals surface area contributed by atoms with Crippen LogP contribution in [0.5, 0.6) is 0 Å². The first-order valence-electron chi connectivity index (χ1n) is 8.72. The number of carbonyl (C=O) groups excluding carboxylic acids is 1. The van der Waals surface area contributed by atoms with E-state index in [-0.39, 0.29) is 5.91 Å². The molecule has 1 aliphatic rings. The number of thiophene rings is 1. The third-order valence-electron chi connectivity index (χ3n) is 5.05. The first kappa shape index (κ1) is 16.7. The zero-order chi connectivity index (χ0) is 17.4. The molecule has 2 aromatic heterocycles. The fraction of sp³-hybridized carbons (Fsp3) is 0.350. The molecule has 3 nitrogen and oxygen atoms in total. The molecule has 3 aromatic rings. The molecule has 1 fully saturated rings. The summed E-state index contributed by atoms with van der Waals surface area (Å²) in [6.45, 7) is 0.583. The van der Waals surface area contributed by atoms with E-state index < -0.39 is 0 Å². The number of rotatable bonds is 4. The number of hydrogen-bond acceptors (Lipinski definition) is 2. The second kappa shape index (κ2) is 6.85. The first-order chi connectivity index (χ1) is 12.1. The minimum absolute atomic E-state index is 0.0882. The molecule has 1 aliphatic carbocycles. The van der Waals surface area contributed by atoms with Crippen LogP contribution < -0.4 is 0 Å². The lowest BCUT2D eigenvalue weighted by Gasteiger charge is -2.21. The number of amides is 1. The van der Waals surface area contributed by atoms with E-state index in [1.54, 1.807) is 16.2 Å². The first-order valence-corrected chi connectivity index (χ1v) is 9.97. The Bertz CT molecular complexity index is 890. The Kier molecular flexibility index (Phi) is 4.57. The molecule has 1 saturated carbocycles. The van der Waals surface area contributed by atoms with Crippen molar-refractivity contribution in [2.75, 3.05) is 7.05 Å². The van der Waals surface area contributed by atoms with Gasteiger partial charge in [-0.05, 0) is 48.1 Å². The lowest BCUT2D eigenvalue weighted by atomic mass is 10.2. The average Bonchev–Trinajstić information content (AvgIpc) is 3.32. The second-order valence-corrected chi connectivity index (χ2v) is 8.18. The van der Waals surface area contributed by atoms with Gasteiger partial charge in [0.25, 0.3) is 5.91 Å². The van der Waals surface area contributed by atoms with Crippen molar-refractivity contribution < 1.29 is 4.79 Å². The molecule has 0 radical (unpaired) electrons. The van der Waals surface area contributed by atoms with Gasteiger partial charge in [0.05, 0.1) is 10.2 Å². The van der Waals surface area contributed by atoms with Gasteiger partial charge in [-0.1, -0.05) is 36.6 Å². The minimum atomic E-state index is 0.0882. The quantitative estimate of drug-likeness (QED) is 0.573. The van der Waals surface area contributed by atoms with Crippen molar-refractivity contribution in [2.45, 2.75) is 38.3 Å². The highest BCUT2D eigenvalue weighted by Crippen LogP contribution is 2.36. The smallest absolute Gasteiger partial charge is 0.270 e. The van der Waals surface area contributed by atoms with Crippen molar-refractivity contribution in [2.24, 2.45) is 0 Å². The van der Waals surface area contributed by atoms with Crippen LogP contribution in [0.3, 0.4) is 0 Å². The predicted molar refractivity (Wildman–Crippen MR) is 105 cm³/mol. The van der Waals surface area contributed by atoms with E-state index in [4.69, 9.17) is 11.6 Å². The highest BCUT2D eigenvalue weighted by molar-refractivity contribution is 7.17. The van der Waals surface area contributed by atoms with Crippen molar-refractivity contribution in [1.82, 2.24) is 9.47 Å². The molecule has 0 saturated heterocycles. The molecule has 0 bridgehead atoms. The maximum Gasteiger partial charge on any atom is 0.270 e. The van der Waals surface area contributed by atoms with E-state index in [1.165, 1.54) is 35.9 Å². The maximum absolute atomic E-state index is 13.1. The number of fused-ring (bicyclic) bond motifs is 1. The third kappa shape index (κ3) is 3.21. The molecule has 25 heavy (non-hydrogen) atoms. The van der Waals surface area contributed by atoms with E-state index in [2.05, 4.69) is 22.1 Å². The molecule has 0 spiro atoms. The van der Waals surface area contributed by atoms with Crippen molar-refractivity contribution in [3.8, 4) is 0 Å². The van der Waals surface area contributed by atoms with Crippen molar-refractivity contribution in [3.05, 3.63) is 58.1 Å². The summed E-state index contributed by atoms with van der Waals surface area (Å²) in [7, 11) is 1.87. The normalized spacial score (nSPS) is 15.1. The number of hydrogen-bond donors (Lipinski definition) is 0. The Morgan fingerprint density at radius 2 is 1.96 bits per heavy atom. The summed E-state index contributed by atoms with van der Waals surface area (Å²) in [6.07, 6.45) is 4.84. The van der Waals surface area contributed by atoms with Gasteiger partial charge in [0.15, 0.2) is 0 Å². The standard InChI is InChI=1S/C20H21ClN2OS/c1-22(13-14-6-8-15(21)9-7-14)20(24)18-12-19-17(10-11-25-19)23(18)16-4-2-3-5-16/h6-12,16H,2-5,13H2,1H3. The monoisotopic (exact) mass is 372 g/mol. The largest absolute Gasteiger partial charge is 0.336 e. The fourth-order valence-electron chi connectivity index (χ4n) is 3.80. The minimum Gasteiger partial charge on any atom is -0.336 e. The van der Waals surface area contributed by atoms with Gasteiger partial charge < -0.3 is 9.47 Å². The van der Waals surface area contributed by atoms with Crippen LogP contribution in [0.1, 0.15) is 47.8 Å². The van der Waals surface area contributed by atoms with E-state index in [1.807, 2.05) is 31.3 Å². The van der Waals surface area contributed by atoms with Gasteiger partial charge in [0.1, 0.15) is 5.69 Å². The van der Waals surface area contributed by atoms with Crippen LogP contribution in [0.4, 0.5) is 0 Å². The third-order valence-corrected chi connectivity index (χ3v) is 6.15. The second-order valence-electron chi connectivity index (χ2n) is 6.80. The van der Waals surface area contributed by atoms with Gasteiger partial charge in [-0.2, -0.15) is 0 Å². The van der Waals surface area contributed by atoms with E-state index >= 15 is 0 Å². The van der Waals surface area contributed by atoms with Crippen LogP contribution >= 0.6 is 22.9 Å². The van der Waals surface area contributed by atoms with Crippen LogP contribution in [-0.4, -0.2) is 22.4 Å². The molecular formula is C20H21ClN2OS. The number of halogens is 1. The molecule has 2 heterocycles. The summed E-state index contributed by atoms with van der Waals surface area (Å²) in [5.74, 6) is 0.0882. The van der Waals surface area contributed by atoms with Crippen LogP contribution in [0, 0.1) is 0 Å². The molecule has 0 unspecified atom stereocenters. The zero-order valence-corrected chi connectivity index (χ0v) is 15.8. The molecule has 4 rings (SSSR count). The number of nitrogens with zero attached hydrogens (tertiary/aromatic N) is 2. The van der Waals surface area contributed by atoms with Crippen molar-refractivity contribution in [3.63, 3.8) is 0 Å². The molecule has 5 heteroatoms. The maximum atomic E-state index is 13.1. The molecule has 1 amide bonds. The van der Waals surface area contributed by atoms with E-state index in [0.717, 1.165) is 11.3 Å². The Hall–Kier alpha value is -1.78. The van der Waals surface area contributed by atoms with Gasteiger partial charge >= 0.3 is 0 Å². The van der Waals surface area contributed by atoms with Gasteiger partial charge in [-0.3, -0.25) is 4.79 Å². The van der Waals surface area contributed by atoms with Crippen LogP contribution in [0.25, 0.3) is 10.2 Å². The fourth-order valence-corrected chi connectivity index (χ4v) is 4.73. The van der Waals surface area contributed by atoms with Crippen molar-refractivity contribution in [1.29, 1.82) is 0 Å². The summed E-state index contributed by atoms with van der Waals surface area (Å²) < 4.78 is 3.50.